The second-order valence-corrected chi connectivity index (χ2v) is 5.05. The average Bonchev–Trinajstić information content (AvgIpc) is 2.40. The van der Waals surface area contributed by atoms with Gasteiger partial charge in [0.2, 0.25) is 0 Å². The minimum Gasteiger partial charge on any atom is -0.373 e. The van der Waals surface area contributed by atoms with Crippen LogP contribution in [0.3, 0.4) is 0 Å². The third-order valence-electron chi connectivity index (χ3n) is 2.98. The highest BCUT2D eigenvalue weighted by atomic mass is 79.9. The van der Waals surface area contributed by atoms with Crippen molar-refractivity contribution in [2.24, 2.45) is 0 Å². The van der Waals surface area contributed by atoms with Crippen LogP contribution in [0.4, 0.5) is 10.2 Å². The summed E-state index contributed by atoms with van der Waals surface area (Å²) in [6.45, 7) is 4.03. The molecule has 3 nitrogen and oxygen atoms in total. The van der Waals surface area contributed by atoms with Gasteiger partial charge in [-0.2, -0.15) is 0 Å². The van der Waals surface area contributed by atoms with Gasteiger partial charge in [-0.1, -0.05) is 6.92 Å². The van der Waals surface area contributed by atoms with Crippen LogP contribution >= 0.6 is 15.9 Å². The van der Waals surface area contributed by atoms with Gasteiger partial charge in [-0.15, -0.1) is 0 Å². The van der Waals surface area contributed by atoms with Crippen molar-refractivity contribution in [3.63, 3.8) is 0 Å². The predicted octanol–water partition coefficient (Wildman–Crippen LogP) is 3.96. The monoisotopic (exact) mass is 323 g/mol. The zero-order valence-electron chi connectivity index (χ0n) is 11.1. The standard InChI is InChI=1S/C14H15BrFN3/c1-4-10-8(2)18-13(19-14(10)17-3)9-5-6-12(16)11(15)7-9/h5-7H,4H2,1-3H3,(H,17,18,19). The first-order chi connectivity index (χ1) is 9.06. The number of hydrogen-bond acceptors (Lipinski definition) is 3. The summed E-state index contributed by atoms with van der Waals surface area (Å²) in [4.78, 5) is 9.00. The maximum atomic E-state index is 13.3. The second-order valence-electron chi connectivity index (χ2n) is 4.19. The van der Waals surface area contributed by atoms with Crippen molar-refractivity contribution >= 4 is 21.7 Å². The Bertz CT molecular complexity index is 614. The molecule has 0 aliphatic heterocycles. The first-order valence-electron chi connectivity index (χ1n) is 6.07. The zero-order chi connectivity index (χ0) is 14.0. The molecule has 1 N–H and O–H groups in total. The quantitative estimate of drug-likeness (QED) is 0.929. The van der Waals surface area contributed by atoms with Gasteiger partial charge in [0.1, 0.15) is 11.6 Å². The van der Waals surface area contributed by atoms with E-state index >= 15 is 0 Å². The molecule has 1 aromatic heterocycles. The zero-order valence-corrected chi connectivity index (χ0v) is 12.7. The van der Waals surface area contributed by atoms with E-state index in [1.807, 2.05) is 14.0 Å². The fourth-order valence-electron chi connectivity index (χ4n) is 1.99. The molecule has 2 aromatic rings. The van der Waals surface area contributed by atoms with Gasteiger partial charge in [0.25, 0.3) is 0 Å². The maximum Gasteiger partial charge on any atom is 0.161 e. The van der Waals surface area contributed by atoms with Gasteiger partial charge in [0.15, 0.2) is 5.82 Å². The third-order valence-corrected chi connectivity index (χ3v) is 3.59. The molecule has 19 heavy (non-hydrogen) atoms. The molecule has 0 spiro atoms. The van der Waals surface area contributed by atoms with E-state index < -0.39 is 0 Å². The van der Waals surface area contributed by atoms with Crippen LogP contribution in [0.5, 0.6) is 0 Å². The van der Waals surface area contributed by atoms with E-state index in [9.17, 15) is 4.39 Å². The lowest BCUT2D eigenvalue weighted by Crippen LogP contribution is -2.05. The Balaban J connectivity index is 2.56. The summed E-state index contributed by atoms with van der Waals surface area (Å²) in [5.74, 6) is 1.13. The molecule has 0 aliphatic rings. The maximum absolute atomic E-state index is 13.3. The minimum absolute atomic E-state index is 0.292. The number of halogens is 2. The van der Waals surface area contributed by atoms with Gasteiger partial charge < -0.3 is 5.32 Å². The molecule has 2 rings (SSSR count). The van der Waals surface area contributed by atoms with Crippen LogP contribution in [-0.2, 0) is 6.42 Å². The summed E-state index contributed by atoms with van der Waals surface area (Å²) in [6, 6.07) is 4.78. The summed E-state index contributed by atoms with van der Waals surface area (Å²) in [5, 5.41) is 3.09. The molecule has 0 amide bonds. The molecule has 5 heteroatoms. The fourth-order valence-corrected chi connectivity index (χ4v) is 2.37. The summed E-state index contributed by atoms with van der Waals surface area (Å²) in [6.07, 6.45) is 0.870. The lowest BCUT2D eigenvalue weighted by atomic mass is 10.1. The van der Waals surface area contributed by atoms with Crippen molar-refractivity contribution < 1.29 is 4.39 Å². The average molecular weight is 324 g/mol. The highest BCUT2D eigenvalue weighted by Crippen LogP contribution is 2.26. The molecule has 0 saturated heterocycles. The van der Waals surface area contributed by atoms with Crippen molar-refractivity contribution in [2.75, 3.05) is 12.4 Å². The molecular weight excluding hydrogens is 309 g/mol. The number of aryl methyl sites for hydroxylation is 1. The molecule has 0 bridgehead atoms. The number of nitrogens with zero attached hydrogens (tertiary/aromatic N) is 2. The molecule has 100 valence electrons. The largest absolute Gasteiger partial charge is 0.373 e. The van der Waals surface area contributed by atoms with E-state index in [1.54, 1.807) is 12.1 Å². The topological polar surface area (TPSA) is 37.8 Å². The second kappa shape index (κ2) is 5.65. The van der Waals surface area contributed by atoms with Crippen molar-refractivity contribution in [3.05, 3.63) is 39.7 Å². The van der Waals surface area contributed by atoms with E-state index in [0.29, 0.717) is 10.3 Å². The lowest BCUT2D eigenvalue weighted by Gasteiger charge is -2.11. The highest BCUT2D eigenvalue weighted by Gasteiger charge is 2.11. The smallest absolute Gasteiger partial charge is 0.161 e. The summed E-state index contributed by atoms with van der Waals surface area (Å²) in [5.41, 5.74) is 2.83. The molecule has 0 fully saturated rings. The van der Waals surface area contributed by atoms with Gasteiger partial charge in [-0.05, 0) is 47.5 Å². The molecule has 0 unspecified atom stereocenters. The van der Waals surface area contributed by atoms with E-state index in [2.05, 4.69) is 38.1 Å². The number of benzene rings is 1. The first kappa shape index (κ1) is 13.9. The van der Waals surface area contributed by atoms with Crippen LogP contribution in [0.15, 0.2) is 22.7 Å². The Morgan fingerprint density at radius 3 is 2.63 bits per heavy atom. The Kier molecular flexibility index (Phi) is 4.14. The Hall–Kier alpha value is -1.49. The van der Waals surface area contributed by atoms with Gasteiger partial charge in [-0.25, -0.2) is 14.4 Å². The molecule has 0 aliphatic carbocycles. The number of aromatic nitrogens is 2. The predicted molar refractivity (Wildman–Crippen MR) is 78.8 cm³/mol. The Morgan fingerprint density at radius 1 is 1.32 bits per heavy atom. The molecule has 0 atom stereocenters. The van der Waals surface area contributed by atoms with Gasteiger partial charge >= 0.3 is 0 Å². The molecule has 0 radical (unpaired) electrons. The summed E-state index contributed by atoms with van der Waals surface area (Å²) >= 11 is 3.18. The van der Waals surface area contributed by atoms with Crippen LogP contribution in [0, 0.1) is 12.7 Å². The fraction of sp³-hybridized carbons (Fsp3) is 0.286. The van der Waals surface area contributed by atoms with Gasteiger partial charge in [-0.3, -0.25) is 0 Å². The number of hydrogen-bond donors (Lipinski definition) is 1. The van der Waals surface area contributed by atoms with Crippen LogP contribution in [-0.4, -0.2) is 17.0 Å². The molecule has 1 heterocycles. The van der Waals surface area contributed by atoms with E-state index in [1.165, 1.54) is 6.07 Å². The van der Waals surface area contributed by atoms with E-state index in [0.717, 1.165) is 29.1 Å². The SMILES string of the molecule is CCc1c(C)nc(-c2ccc(F)c(Br)c2)nc1NC. The Morgan fingerprint density at radius 2 is 2.05 bits per heavy atom. The van der Waals surface area contributed by atoms with Crippen LogP contribution in [0.1, 0.15) is 18.2 Å². The number of nitrogens with one attached hydrogen (secondary N) is 1. The highest BCUT2D eigenvalue weighted by molar-refractivity contribution is 9.10. The van der Waals surface area contributed by atoms with Crippen molar-refractivity contribution in [1.29, 1.82) is 0 Å². The number of rotatable bonds is 3. The molecule has 0 saturated carbocycles. The molecule has 1 aromatic carbocycles. The lowest BCUT2D eigenvalue weighted by molar-refractivity contribution is 0.621. The Labute approximate surface area is 120 Å². The summed E-state index contributed by atoms with van der Waals surface area (Å²) in [7, 11) is 1.84. The van der Waals surface area contributed by atoms with Crippen LogP contribution in [0.2, 0.25) is 0 Å². The van der Waals surface area contributed by atoms with E-state index in [-0.39, 0.29) is 5.82 Å². The van der Waals surface area contributed by atoms with Crippen molar-refractivity contribution in [1.82, 2.24) is 9.97 Å². The number of anilines is 1. The van der Waals surface area contributed by atoms with Crippen molar-refractivity contribution in [2.45, 2.75) is 20.3 Å². The van der Waals surface area contributed by atoms with E-state index in [4.69, 9.17) is 0 Å². The van der Waals surface area contributed by atoms with Crippen LogP contribution < -0.4 is 5.32 Å². The normalized spacial score (nSPS) is 10.6. The minimum atomic E-state index is -0.292. The first-order valence-corrected chi connectivity index (χ1v) is 6.86. The molecular formula is C14H15BrFN3. The van der Waals surface area contributed by atoms with Crippen LogP contribution in [0.25, 0.3) is 11.4 Å². The van der Waals surface area contributed by atoms with Gasteiger partial charge in [0.05, 0.1) is 4.47 Å². The van der Waals surface area contributed by atoms with Gasteiger partial charge in [0, 0.05) is 23.9 Å². The van der Waals surface area contributed by atoms with Crippen molar-refractivity contribution in [3.8, 4) is 11.4 Å². The summed E-state index contributed by atoms with van der Waals surface area (Å²) < 4.78 is 13.7. The third kappa shape index (κ3) is 2.76.